The molecule has 0 bridgehead atoms. The van der Waals surface area contributed by atoms with Gasteiger partial charge in [-0.15, -0.1) is 0 Å². The van der Waals surface area contributed by atoms with Gasteiger partial charge in [0, 0.05) is 17.0 Å². The van der Waals surface area contributed by atoms with Gasteiger partial charge in [-0.05, 0) is 36.4 Å². The lowest BCUT2D eigenvalue weighted by Gasteiger charge is -2.20. The Morgan fingerprint density at radius 1 is 1.30 bits per heavy atom. The number of fused-ring (bicyclic) bond motifs is 1. The van der Waals surface area contributed by atoms with Gasteiger partial charge >= 0.3 is 0 Å². The molecule has 20 heavy (non-hydrogen) atoms. The van der Waals surface area contributed by atoms with Crippen molar-refractivity contribution in [3.63, 3.8) is 0 Å². The first-order valence-corrected chi connectivity index (χ1v) is 6.95. The number of ether oxygens (including phenoxy) is 1. The van der Waals surface area contributed by atoms with Gasteiger partial charge in [-0.1, -0.05) is 29.8 Å². The highest BCUT2D eigenvalue weighted by Gasteiger charge is 2.21. The molecule has 1 aliphatic heterocycles. The van der Waals surface area contributed by atoms with E-state index in [-0.39, 0.29) is 11.9 Å². The highest BCUT2D eigenvalue weighted by Crippen LogP contribution is 2.34. The van der Waals surface area contributed by atoms with Crippen LogP contribution in [0.2, 0.25) is 5.02 Å². The molecule has 3 rings (SSSR count). The molecular formula is C16H15ClFNO. The maximum Gasteiger partial charge on any atom is 0.129 e. The summed E-state index contributed by atoms with van der Waals surface area (Å²) in [6.45, 7) is 0.712. The Bertz CT molecular complexity index is 624. The molecule has 0 amide bonds. The van der Waals surface area contributed by atoms with E-state index < -0.39 is 0 Å². The third kappa shape index (κ3) is 2.28. The number of rotatable bonds is 3. The Hall–Kier alpha value is -1.58. The van der Waals surface area contributed by atoms with E-state index in [1.807, 2.05) is 12.1 Å². The number of hydrogen-bond donors (Lipinski definition) is 1. The van der Waals surface area contributed by atoms with Crippen LogP contribution < -0.4 is 10.1 Å². The minimum Gasteiger partial charge on any atom is -0.493 e. The Morgan fingerprint density at radius 2 is 2.15 bits per heavy atom. The molecule has 104 valence electrons. The average Bonchev–Trinajstić information content (AvgIpc) is 2.90. The van der Waals surface area contributed by atoms with Crippen LogP contribution >= 0.6 is 11.6 Å². The molecule has 0 radical (unpaired) electrons. The van der Waals surface area contributed by atoms with Crippen molar-refractivity contribution in [2.45, 2.75) is 12.5 Å². The number of benzene rings is 2. The topological polar surface area (TPSA) is 21.3 Å². The van der Waals surface area contributed by atoms with E-state index in [1.165, 1.54) is 6.07 Å². The molecule has 0 spiro atoms. The first-order valence-electron chi connectivity index (χ1n) is 6.57. The molecule has 1 aliphatic rings. The van der Waals surface area contributed by atoms with Gasteiger partial charge in [-0.2, -0.15) is 0 Å². The van der Waals surface area contributed by atoms with E-state index in [0.29, 0.717) is 17.2 Å². The van der Waals surface area contributed by atoms with Crippen LogP contribution in [-0.2, 0) is 6.42 Å². The van der Waals surface area contributed by atoms with Crippen LogP contribution in [0.25, 0.3) is 0 Å². The summed E-state index contributed by atoms with van der Waals surface area (Å²) in [6, 6.07) is 10.4. The minimum absolute atomic E-state index is 0.269. The van der Waals surface area contributed by atoms with Crippen molar-refractivity contribution in [3.05, 3.63) is 63.9 Å². The van der Waals surface area contributed by atoms with Gasteiger partial charge in [-0.3, -0.25) is 0 Å². The lowest BCUT2D eigenvalue weighted by Crippen LogP contribution is -2.19. The fraction of sp³-hybridized carbons (Fsp3) is 0.250. The number of hydrogen-bond acceptors (Lipinski definition) is 2. The lowest BCUT2D eigenvalue weighted by molar-refractivity contribution is 0.357. The van der Waals surface area contributed by atoms with Crippen LogP contribution in [0.4, 0.5) is 4.39 Å². The summed E-state index contributed by atoms with van der Waals surface area (Å²) in [6.07, 6.45) is 0.893. The van der Waals surface area contributed by atoms with Crippen LogP contribution in [0.3, 0.4) is 0 Å². The summed E-state index contributed by atoms with van der Waals surface area (Å²) in [5, 5.41) is 3.57. The Labute approximate surface area is 122 Å². The molecule has 1 heterocycles. The Kier molecular flexibility index (Phi) is 3.64. The normalized spacial score (nSPS) is 14.8. The molecule has 0 aromatic heterocycles. The highest BCUT2D eigenvalue weighted by atomic mass is 35.5. The molecule has 1 N–H and O–H groups in total. The van der Waals surface area contributed by atoms with E-state index in [9.17, 15) is 4.39 Å². The zero-order valence-corrected chi connectivity index (χ0v) is 11.9. The molecule has 0 saturated heterocycles. The minimum atomic E-state index is -0.298. The van der Waals surface area contributed by atoms with Gasteiger partial charge in [0.2, 0.25) is 0 Å². The second-order valence-electron chi connectivity index (χ2n) is 4.82. The largest absolute Gasteiger partial charge is 0.493 e. The fourth-order valence-corrected chi connectivity index (χ4v) is 2.92. The van der Waals surface area contributed by atoms with Crippen molar-refractivity contribution in [1.82, 2.24) is 5.32 Å². The van der Waals surface area contributed by atoms with Crippen LogP contribution in [0.5, 0.6) is 5.75 Å². The lowest BCUT2D eigenvalue weighted by atomic mass is 9.96. The zero-order valence-electron chi connectivity index (χ0n) is 11.1. The van der Waals surface area contributed by atoms with Gasteiger partial charge in [0.15, 0.2) is 0 Å². The second kappa shape index (κ2) is 5.43. The zero-order chi connectivity index (χ0) is 14.1. The predicted molar refractivity (Wildman–Crippen MR) is 78.0 cm³/mol. The first-order chi connectivity index (χ1) is 9.70. The Balaban J connectivity index is 2.06. The summed E-state index contributed by atoms with van der Waals surface area (Å²) in [4.78, 5) is 0. The van der Waals surface area contributed by atoms with Crippen molar-refractivity contribution in [3.8, 4) is 5.75 Å². The summed E-state index contributed by atoms with van der Waals surface area (Å²) < 4.78 is 19.6. The van der Waals surface area contributed by atoms with Crippen LogP contribution in [0.15, 0.2) is 36.4 Å². The van der Waals surface area contributed by atoms with Crippen LogP contribution in [-0.4, -0.2) is 13.7 Å². The molecule has 4 heteroatoms. The predicted octanol–water partition coefficient (Wildman–Crippen LogP) is 3.72. The van der Waals surface area contributed by atoms with Crippen molar-refractivity contribution in [2.24, 2.45) is 0 Å². The van der Waals surface area contributed by atoms with E-state index in [0.717, 1.165) is 23.3 Å². The van der Waals surface area contributed by atoms with Crippen LogP contribution in [0, 0.1) is 5.82 Å². The molecular weight excluding hydrogens is 277 g/mol. The quantitative estimate of drug-likeness (QED) is 0.930. The average molecular weight is 292 g/mol. The third-order valence-electron chi connectivity index (χ3n) is 3.62. The van der Waals surface area contributed by atoms with Crippen molar-refractivity contribution >= 4 is 11.6 Å². The molecule has 1 unspecified atom stereocenters. The summed E-state index contributed by atoms with van der Waals surface area (Å²) in [5.41, 5.74) is 2.63. The van der Waals surface area contributed by atoms with Gasteiger partial charge in [0.25, 0.3) is 0 Å². The Morgan fingerprint density at radius 3 is 2.90 bits per heavy atom. The second-order valence-corrected chi connectivity index (χ2v) is 5.23. The molecule has 0 aliphatic carbocycles. The molecule has 2 aromatic rings. The number of halogens is 2. The number of nitrogens with one attached hydrogen (secondary N) is 1. The SMILES string of the molecule is CNC(c1ccc2c(c1)CCO2)c1c(F)cccc1Cl. The smallest absolute Gasteiger partial charge is 0.129 e. The highest BCUT2D eigenvalue weighted by molar-refractivity contribution is 6.31. The van der Waals surface area contributed by atoms with Gasteiger partial charge < -0.3 is 10.1 Å². The van der Waals surface area contributed by atoms with E-state index in [4.69, 9.17) is 16.3 Å². The van der Waals surface area contributed by atoms with Gasteiger partial charge in [0.05, 0.1) is 12.6 Å². The van der Waals surface area contributed by atoms with E-state index in [2.05, 4.69) is 11.4 Å². The van der Waals surface area contributed by atoms with E-state index >= 15 is 0 Å². The standard InChI is InChI=1S/C16H15ClFNO/c1-19-16(15-12(17)3-2-4-13(15)18)11-5-6-14-10(9-11)7-8-20-14/h2-6,9,16,19H,7-8H2,1H3. The fourth-order valence-electron chi connectivity index (χ4n) is 2.65. The van der Waals surface area contributed by atoms with Crippen molar-refractivity contribution in [2.75, 3.05) is 13.7 Å². The van der Waals surface area contributed by atoms with Crippen LogP contribution in [0.1, 0.15) is 22.7 Å². The molecule has 2 nitrogen and oxygen atoms in total. The first kappa shape index (κ1) is 13.4. The molecule has 1 atom stereocenters. The summed E-state index contributed by atoms with van der Waals surface area (Å²) in [7, 11) is 1.80. The summed E-state index contributed by atoms with van der Waals surface area (Å²) in [5.74, 6) is 0.622. The van der Waals surface area contributed by atoms with Gasteiger partial charge in [-0.25, -0.2) is 4.39 Å². The van der Waals surface area contributed by atoms with Gasteiger partial charge in [0.1, 0.15) is 11.6 Å². The maximum absolute atomic E-state index is 14.1. The molecule has 2 aromatic carbocycles. The monoisotopic (exact) mass is 291 g/mol. The van der Waals surface area contributed by atoms with Crippen molar-refractivity contribution in [1.29, 1.82) is 0 Å². The molecule has 0 fully saturated rings. The van der Waals surface area contributed by atoms with Crippen molar-refractivity contribution < 1.29 is 9.13 Å². The maximum atomic E-state index is 14.1. The summed E-state index contributed by atoms with van der Waals surface area (Å²) >= 11 is 6.17. The molecule has 0 saturated carbocycles. The third-order valence-corrected chi connectivity index (χ3v) is 3.95. The van der Waals surface area contributed by atoms with E-state index in [1.54, 1.807) is 19.2 Å².